The van der Waals surface area contributed by atoms with Gasteiger partial charge in [0, 0.05) is 23.2 Å². The fourth-order valence-corrected chi connectivity index (χ4v) is 3.29. The number of fused-ring (bicyclic) bond motifs is 1. The van der Waals surface area contributed by atoms with Crippen molar-refractivity contribution in [1.29, 1.82) is 0 Å². The van der Waals surface area contributed by atoms with Crippen LogP contribution in [0.25, 0.3) is 10.9 Å². The number of amides is 1. The number of rotatable bonds is 7. The molecule has 0 atom stereocenters. The van der Waals surface area contributed by atoms with Gasteiger partial charge in [0.15, 0.2) is 11.5 Å². The highest BCUT2D eigenvalue weighted by atomic mass is 16.6. The highest BCUT2D eigenvalue weighted by molar-refractivity contribution is 6.08. The van der Waals surface area contributed by atoms with Crippen LogP contribution in [0, 0.1) is 10.1 Å². The first-order chi connectivity index (χ1) is 14.4. The highest BCUT2D eigenvalue weighted by Gasteiger charge is 2.24. The molecule has 0 unspecified atom stereocenters. The average molecular weight is 411 g/mol. The van der Waals surface area contributed by atoms with E-state index in [-0.39, 0.29) is 22.6 Å². The van der Waals surface area contributed by atoms with Gasteiger partial charge in [-0.1, -0.05) is 19.4 Å². The third-order valence-electron chi connectivity index (χ3n) is 4.65. The summed E-state index contributed by atoms with van der Waals surface area (Å²) in [6.07, 6.45) is 1.64. The molecule has 0 fully saturated rings. The van der Waals surface area contributed by atoms with Crippen molar-refractivity contribution in [3.05, 3.63) is 68.0 Å². The molecule has 156 valence electrons. The second-order valence-corrected chi connectivity index (χ2v) is 6.60. The molecule has 9 nitrogen and oxygen atoms in total. The van der Waals surface area contributed by atoms with Gasteiger partial charge in [-0.3, -0.25) is 19.7 Å². The van der Waals surface area contributed by atoms with Crippen LogP contribution < -0.4 is 20.3 Å². The van der Waals surface area contributed by atoms with Gasteiger partial charge < -0.3 is 19.8 Å². The van der Waals surface area contributed by atoms with Crippen molar-refractivity contribution in [3.63, 3.8) is 0 Å². The van der Waals surface area contributed by atoms with Crippen LogP contribution in [0.1, 0.15) is 29.3 Å². The Hall–Kier alpha value is -3.88. The number of pyridine rings is 1. The van der Waals surface area contributed by atoms with Gasteiger partial charge in [-0.25, -0.2) is 0 Å². The Morgan fingerprint density at radius 2 is 1.83 bits per heavy atom. The van der Waals surface area contributed by atoms with E-state index in [2.05, 4.69) is 10.3 Å². The maximum absolute atomic E-state index is 12.8. The summed E-state index contributed by atoms with van der Waals surface area (Å²) in [5.74, 6) is -0.346. The van der Waals surface area contributed by atoms with Crippen LogP contribution in [0.15, 0.2) is 41.2 Å². The van der Waals surface area contributed by atoms with Crippen LogP contribution >= 0.6 is 0 Å². The number of ether oxygens (including phenoxy) is 2. The maximum Gasteiger partial charge on any atom is 0.286 e. The lowest BCUT2D eigenvalue weighted by atomic mass is 10.0. The second-order valence-electron chi connectivity index (χ2n) is 6.60. The number of aryl methyl sites for hydroxylation is 1. The first-order valence-corrected chi connectivity index (χ1v) is 9.25. The van der Waals surface area contributed by atoms with E-state index in [1.165, 1.54) is 20.3 Å². The molecule has 1 amide bonds. The summed E-state index contributed by atoms with van der Waals surface area (Å²) in [5.41, 5.74) is 1.07. The van der Waals surface area contributed by atoms with Crippen LogP contribution in [0.2, 0.25) is 0 Å². The quantitative estimate of drug-likeness (QED) is 0.452. The summed E-state index contributed by atoms with van der Waals surface area (Å²) < 4.78 is 10.2. The zero-order valence-corrected chi connectivity index (χ0v) is 16.8. The first-order valence-electron chi connectivity index (χ1n) is 9.25. The Bertz CT molecular complexity index is 1190. The molecule has 0 spiro atoms. The number of carbonyl (C=O) groups is 1. The number of methoxy groups -OCH3 is 2. The van der Waals surface area contributed by atoms with Crippen molar-refractivity contribution in [2.75, 3.05) is 19.5 Å². The molecule has 0 saturated heterocycles. The minimum Gasteiger partial charge on any atom is -0.493 e. The van der Waals surface area contributed by atoms with Gasteiger partial charge in [-0.2, -0.15) is 0 Å². The molecule has 3 aromatic rings. The fourth-order valence-electron chi connectivity index (χ4n) is 3.29. The predicted octanol–water partition coefficient (Wildman–Crippen LogP) is 3.66. The van der Waals surface area contributed by atoms with E-state index in [1.54, 1.807) is 24.3 Å². The highest BCUT2D eigenvalue weighted by Crippen LogP contribution is 2.35. The molecule has 0 aliphatic carbocycles. The number of aromatic amines is 1. The van der Waals surface area contributed by atoms with Crippen LogP contribution in [0.5, 0.6) is 11.5 Å². The molecular weight excluding hydrogens is 390 g/mol. The van der Waals surface area contributed by atoms with Crippen LogP contribution in [0.4, 0.5) is 11.4 Å². The van der Waals surface area contributed by atoms with Crippen molar-refractivity contribution in [3.8, 4) is 11.5 Å². The normalized spacial score (nSPS) is 10.6. The zero-order valence-electron chi connectivity index (χ0n) is 16.8. The van der Waals surface area contributed by atoms with E-state index in [9.17, 15) is 19.7 Å². The summed E-state index contributed by atoms with van der Waals surface area (Å²) in [5, 5.41) is 15.0. The third-order valence-corrected chi connectivity index (χ3v) is 4.65. The van der Waals surface area contributed by atoms with Crippen molar-refractivity contribution in [2.24, 2.45) is 0 Å². The lowest BCUT2D eigenvalue weighted by Gasteiger charge is -2.12. The van der Waals surface area contributed by atoms with Gasteiger partial charge in [-0.05, 0) is 24.1 Å². The zero-order chi connectivity index (χ0) is 21.8. The average Bonchev–Trinajstić information content (AvgIpc) is 2.72. The van der Waals surface area contributed by atoms with E-state index in [1.807, 2.05) is 6.92 Å². The molecule has 0 saturated carbocycles. The largest absolute Gasteiger partial charge is 0.493 e. The molecule has 1 aromatic heterocycles. The Labute approximate surface area is 171 Å². The van der Waals surface area contributed by atoms with Gasteiger partial charge >= 0.3 is 0 Å². The minimum absolute atomic E-state index is 0.146. The number of aromatic nitrogens is 1. The molecule has 0 aliphatic rings. The number of benzene rings is 2. The fraction of sp³-hybridized carbons (Fsp3) is 0.238. The molecule has 9 heteroatoms. The SMILES string of the molecule is CCCc1cc(=O)[nH]c2cc(NC(=O)c3cc(OC)c(OC)cc3[N+](=O)[O-])ccc12. The van der Waals surface area contributed by atoms with Gasteiger partial charge in [0.05, 0.1) is 30.7 Å². The molecular formula is C21H21N3O6. The van der Waals surface area contributed by atoms with Crippen LogP contribution in [-0.2, 0) is 6.42 Å². The molecule has 2 N–H and O–H groups in total. The molecule has 1 heterocycles. The monoisotopic (exact) mass is 411 g/mol. The lowest BCUT2D eigenvalue weighted by molar-refractivity contribution is -0.385. The summed E-state index contributed by atoms with van der Waals surface area (Å²) in [6, 6.07) is 9.08. The Morgan fingerprint density at radius 1 is 1.13 bits per heavy atom. The van der Waals surface area contributed by atoms with Crippen molar-refractivity contribution < 1.29 is 19.2 Å². The van der Waals surface area contributed by atoms with Gasteiger partial charge in [0.1, 0.15) is 5.56 Å². The van der Waals surface area contributed by atoms with Crippen molar-refractivity contribution in [2.45, 2.75) is 19.8 Å². The number of hydrogen-bond acceptors (Lipinski definition) is 6. The molecule has 2 aromatic carbocycles. The van der Waals surface area contributed by atoms with Crippen molar-refractivity contribution >= 4 is 28.2 Å². The third kappa shape index (κ3) is 4.09. The molecule has 3 rings (SSSR count). The van der Waals surface area contributed by atoms with Gasteiger partial charge in [-0.15, -0.1) is 0 Å². The maximum atomic E-state index is 12.8. The Kier molecular flexibility index (Phi) is 6.01. The Morgan fingerprint density at radius 3 is 2.47 bits per heavy atom. The summed E-state index contributed by atoms with van der Waals surface area (Å²) in [6.45, 7) is 2.03. The Balaban J connectivity index is 2.00. The number of nitrogens with zero attached hydrogens (tertiary/aromatic N) is 1. The summed E-state index contributed by atoms with van der Waals surface area (Å²) in [4.78, 5) is 38.3. The van der Waals surface area contributed by atoms with Crippen LogP contribution in [0.3, 0.4) is 0 Å². The van der Waals surface area contributed by atoms with Gasteiger partial charge in [0.25, 0.3) is 11.6 Å². The number of hydrogen-bond donors (Lipinski definition) is 2. The number of nitro benzene ring substituents is 1. The topological polar surface area (TPSA) is 124 Å². The first kappa shape index (κ1) is 20.8. The number of carbonyl (C=O) groups excluding carboxylic acids is 1. The predicted molar refractivity (Wildman–Crippen MR) is 113 cm³/mol. The molecule has 30 heavy (non-hydrogen) atoms. The van der Waals surface area contributed by atoms with E-state index in [0.29, 0.717) is 11.2 Å². The van der Waals surface area contributed by atoms with E-state index in [0.717, 1.165) is 29.9 Å². The number of H-pyrrole nitrogens is 1. The standard InChI is InChI=1S/C21H21N3O6/c1-4-5-12-8-20(25)23-16-9-13(6-7-14(12)16)22-21(26)15-10-18(29-2)19(30-3)11-17(15)24(27)28/h6-11H,4-5H2,1-3H3,(H,22,26)(H,23,25). The van der Waals surface area contributed by atoms with Crippen molar-refractivity contribution in [1.82, 2.24) is 4.98 Å². The number of nitrogens with one attached hydrogen (secondary N) is 2. The van der Waals surface area contributed by atoms with E-state index < -0.39 is 16.5 Å². The van der Waals surface area contributed by atoms with Crippen LogP contribution in [-0.4, -0.2) is 30.0 Å². The molecule has 0 aliphatic heterocycles. The number of nitro groups is 1. The molecule has 0 bridgehead atoms. The molecule has 0 radical (unpaired) electrons. The summed E-state index contributed by atoms with van der Waals surface area (Å²) >= 11 is 0. The van der Waals surface area contributed by atoms with E-state index >= 15 is 0 Å². The van der Waals surface area contributed by atoms with Gasteiger partial charge in [0.2, 0.25) is 5.56 Å². The smallest absolute Gasteiger partial charge is 0.286 e. The summed E-state index contributed by atoms with van der Waals surface area (Å²) in [7, 11) is 2.73. The number of anilines is 1. The van der Waals surface area contributed by atoms with E-state index in [4.69, 9.17) is 9.47 Å². The minimum atomic E-state index is -0.686. The second kappa shape index (κ2) is 8.64. The lowest BCUT2D eigenvalue weighted by Crippen LogP contribution is -2.15.